The first-order chi connectivity index (χ1) is 15.4. The molecule has 32 heavy (non-hydrogen) atoms. The van der Waals surface area contributed by atoms with E-state index in [0.29, 0.717) is 33.7 Å². The molecule has 5 rings (SSSR count). The maximum atomic E-state index is 13.3. The minimum atomic E-state index is -0.279. The highest BCUT2D eigenvalue weighted by atomic mass is 32.1. The Morgan fingerprint density at radius 2 is 2.09 bits per heavy atom. The van der Waals surface area contributed by atoms with Gasteiger partial charge in [0, 0.05) is 16.6 Å². The van der Waals surface area contributed by atoms with E-state index >= 15 is 0 Å². The molecule has 162 valence electrons. The van der Waals surface area contributed by atoms with E-state index in [-0.39, 0.29) is 24.5 Å². The van der Waals surface area contributed by atoms with Gasteiger partial charge in [0.15, 0.2) is 12.3 Å². The third-order valence-electron chi connectivity index (χ3n) is 5.16. The molecule has 9 heteroatoms. The smallest absolute Gasteiger partial charge is 0.262 e. The summed E-state index contributed by atoms with van der Waals surface area (Å²) in [6.45, 7) is 6.08. The SMILES string of the molecule is Cc1ccc(-c2cc(C(=O)Nc3ccc4c(c3)NC(=O)CO4)c3cnn(C(C)C)c3n2)s1. The summed E-state index contributed by atoms with van der Waals surface area (Å²) < 4.78 is 7.21. The van der Waals surface area contributed by atoms with Crippen molar-refractivity contribution in [3.63, 3.8) is 0 Å². The Hall–Kier alpha value is -3.72. The van der Waals surface area contributed by atoms with Crippen LogP contribution in [0.25, 0.3) is 21.6 Å². The molecule has 0 radical (unpaired) electrons. The van der Waals surface area contributed by atoms with Crippen molar-refractivity contribution in [2.24, 2.45) is 0 Å². The minimum absolute atomic E-state index is 0.0154. The standard InChI is InChI=1S/C23H21N5O3S/c1-12(2)28-22-16(10-24-28)15(9-18(27-22)20-7-4-13(3)32-20)23(30)25-14-5-6-19-17(8-14)26-21(29)11-31-19/h4-10,12H,11H2,1-3H3,(H,25,30)(H,26,29). The Morgan fingerprint density at radius 1 is 1.25 bits per heavy atom. The van der Waals surface area contributed by atoms with Gasteiger partial charge in [0.1, 0.15) is 5.75 Å². The topological polar surface area (TPSA) is 98.1 Å². The molecule has 1 aliphatic heterocycles. The molecular formula is C23H21N5O3S. The van der Waals surface area contributed by atoms with Crippen LogP contribution in [0.15, 0.2) is 42.6 Å². The largest absolute Gasteiger partial charge is 0.482 e. The van der Waals surface area contributed by atoms with Crippen LogP contribution in [0.2, 0.25) is 0 Å². The van der Waals surface area contributed by atoms with Crippen LogP contribution < -0.4 is 15.4 Å². The van der Waals surface area contributed by atoms with Crippen molar-refractivity contribution < 1.29 is 14.3 Å². The van der Waals surface area contributed by atoms with Crippen molar-refractivity contribution in [3.8, 4) is 16.3 Å². The average Bonchev–Trinajstić information content (AvgIpc) is 3.39. The highest BCUT2D eigenvalue weighted by Gasteiger charge is 2.21. The van der Waals surface area contributed by atoms with Crippen LogP contribution in [0.5, 0.6) is 5.75 Å². The summed E-state index contributed by atoms with van der Waals surface area (Å²) in [6.07, 6.45) is 1.68. The van der Waals surface area contributed by atoms with Gasteiger partial charge in [-0.25, -0.2) is 9.67 Å². The zero-order valence-corrected chi connectivity index (χ0v) is 18.6. The molecule has 0 atom stereocenters. The predicted octanol–water partition coefficient (Wildman–Crippen LogP) is 4.63. The van der Waals surface area contributed by atoms with Gasteiger partial charge in [-0.3, -0.25) is 9.59 Å². The highest BCUT2D eigenvalue weighted by molar-refractivity contribution is 7.15. The van der Waals surface area contributed by atoms with Gasteiger partial charge in [-0.15, -0.1) is 11.3 Å². The van der Waals surface area contributed by atoms with E-state index in [1.807, 2.05) is 37.6 Å². The normalized spacial score (nSPS) is 13.1. The highest BCUT2D eigenvalue weighted by Crippen LogP contribution is 2.33. The Morgan fingerprint density at radius 3 is 2.84 bits per heavy atom. The first-order valence-corrected chi connectivity index (χ1v) is 11.0. The summed E-state index contributed by atoms with van der Waals surface area (Å²) in [5.41, 5.74) is 2.96. The molecule has 0 unspecified atom stereocenters. The molecule has 0 saturated carbocycles. The molecule has 3 aromatic heterocycles. The summed E-state index contributed by atoms with van der Waals surface area (Å²) in [5.74, 6) is 0.0644. The van der Waals surface area contributed by atoms with Crippen molar-refractivity contribution in [2.75, 3.05) is 17.2 Å². The average molecular weight is 448 g/mol. The molecule has 4 aromatic rings. The maximum Gasteiger partial charge on any atom is 0.262 e. The molecule has 8 nitrogen and oxygen atoms in total. The molecule has 4 heterocycles. The molecule has 0 fully saturated rings. The number of aromatic nitrogens is 3. The van der Waals surface area contributed by atoms with Crippen LogP contribution in [0.3, 0.4) is 0 Å². The van der Waals surface area contributed by atoms with Crippen molar-refractivity contribution in [2.45, 2.75) is 26.8 Å². The van der Waals surface area contributed by atoms with Crippen molar-refractivity contribution in [1.82, 2.24) is 14.8 Å². The number of pyridine rings is 1. The van der Waals surface area contributed by atoms with E-state index < -0.39 is 0 Å². The van der Waals surface area contributed by atoms with Crippen LogP contribution in [0.4, 0.5) is 11.4 Å². The van der Waals surface area contributed by atoms with Crippen LogP contribution >= 0.6 is 11.3 Å². The molecular weight excluding hydrogens is 426 g/mol. The first kappa shape index (κ1) is 20.2. The maximum absolute atomic E-state index is 13.3. The number of thiophene rings is 1. The molecule has 1 aliphatic rings. The number of ether oxygens (including phenoxy) is 1. The molecule has 2 N–H and O–H groups in total. The lowest BCUT2D eigenvalue weighted by molar-refractivity contribution is -0.118. The molecule has 0 spiro atoms. The van der Waals surface area contributed by atoms with Crippen molar-refractivity contribution in [3.05, 3.63) is 53.0 Å². The lowest BCUT2D eigenvalue weighted by Crippen LogP contribution is -2.25. The first-order valence-electron chi connectivity index (χ1n) is 10.2. The Labute approximate surface area is 188 Å². The number of hydrogen-bond acceptors (Lipinski definition) is 6. The minimum Gasteiger partial charge on any atom is -0.482 e. The van der Waals surface area contributed by atoms with E-state index in [1.54, 1.807) is 41.8 Å². The fourth-order valence-electron chi connectivity index (χ4n) is 3.64. The lowest BCUT2D eigenvalue weighted by atomic mass is 10.1. The molecule has 0 aliphatic carbocycles. The number of rotatable bonds is 4. The molecule has 0 saturated heterocycles. The fourth-order valence-corrected chi connectivity index (χ4v) is 4.47. The molecule has 1 aromatic carbocycles. The Kier molecular flexibility index (Phi) is 4.90. The van der Waals surface area contributed by atoms with Gasteiger partial charge in [0.05, 0.1) is 33.4 Å². The second-order valence-electron chi connectivity index (χ2n) is 7.89. The van der Waals surface area contributed by atoms with Crippen LogP contribution in [-0.4, -0.2) is 33.2 Å². The number of carbonyl (C=O) groups excluding carboxylic acids is 2. The summed E-state index contributed by atoms with van der Waals surface area (Å²) in [6, 6.07) is 11.1. The lowest BCUT2D eigenvalue weighted by Gasteiger charge is -2.18. The summed E-state index contributed by atoms with van der Waals surface area (Å²) >= 11 is 1.63. The number of carbonyl (C=O) groups is 2. The summed E-state index contributed by atoms with van der Waals surface area (Å²) in [5, 5.41) is 10.8. The number of anilines is 2. The van der Waals surface area contributed by atoms with Crippen LogP contribution in [-0.2, 0) is 4.79 Å². The molecule has 2 amide bonds. The van der Waals surface area contributed by atoms with E-state index in [1.165, 1.54) is 4.88 Å². The van der Waals surface area contributed by atoms with Gasteiger partial charge < -0.3 is 15.4 Å². The Balaban J connectivity index is 1.56. The second kappa shape index (κ2) is 7.76. The number of amides is 2. The summed E-state index contributed by atoms with van der Waals surface area (Å²) in [7, 11) is 0. The van der Waals surface area contributed by atoms with Gasteiger partial charge in [0.25, 0.3) is 11.8 Å². The number of nitrogens with zero attached hydrogens (tertiary/aromatic N) is 3. The second-order valence-corrected chi connectivity index (χ2v) is 9.18. The van der Waals surface area contributed by atoms with Crippen molar-refractivity contribution in [1.29, 1.82) is 0 Å². The van der Waals surface area contributed by atoms with Crippen LogP contribution in [0, 0.1) is 6.92 Å². The van der Waals surface area contributed by atoms with Crippen molar-refractivity contribution >= 4 is 45.6 Å². The predicted molar refractivity (Wildman–Crippen MR) is 124 cm³/mol. The number of benzene rings is 1. The fraction of sp³-hybridized carbons (Fsp3) is 0.217. The van der Waals surface area contributed by atoms with E-state index in [9.17, 15) is 9.59 Å². The third kappa shape index (κ3) is 3.60. The zero-order chi connectivity index (χ0) is 22.4. The van der Waals surface area contributed by atoms with E-state index in [0.717, 1.165) is 10.6 Å². The summed E-state index contributed by atoms with van der Waals surface area (Å²) in [4.78, 5) is 31.9. The van der Waals surface area contributed by atoms with Crippen LogP contribution in [0.1, 0.15) is 35.1 Å². The zero-order valence-electron chi connectivity index (χ0n) is 17.8. The number of aryl methyl sites for hydroxylation is 1. The van der Waals surface area contributed by atoms with Gasteiger partial charge in [-0.2, -0.15) is 5.10 Å². The Bertz CT molecular complexity index is 1370. The van der Waals surface area contributed by atoms with E-state index in [2.05, 4.69) is 15.7 Å². The number of hydrogen-bond donors (Lipinski definition) is 2. The monoisotopic (exact) mass is 447 g/mol. The van der Waals surface area contributed by atoms with Gasteiger partial charge >= 0.3 is 0 Å². The van der Waals surface area contributed by atoms with Gasteiger partial charge in [-0.1, -0.05) is 0 Å². The van der Waals surface area contributed by atoms with E-state index in [4.69, 9.17) is 9.72 Å². The number of fused-ring (bicyclic) bond motifs is 2. The number of nitrogens with one attached hydrogen (secondary N) is 2. The third-order valence-corrected chi connectivity index (χ3v) is 6.19. The molecule has 0 bridgehead atoms. The van der Waals surface area contributed by atoms with Gasteiger partial charge in [0.2, 0.25) is 0 Å². The van der Waals surface area contributed by atoms with Gasteiger partial charge in [-0.05, 0) is 57.2 Å². The quantitative estimate of drug-likeness (QED) is 0.475.